The molecule has 0 aromatic heterocycles. The number of hydrogen-bond acceptors (Lipinski definition) is 3. The van der Waals surface area contributed by atoms with Crippen LogP contribution in [0.4, 0.5) is 4.79 Å². The molecule has 2 aromatic carbocycles. The van der Waals surface area contributed by atoms with Gasteiger partial charge >= 0.3 is 6.03 Å². The van der Waals surface area contributed by atoms with E-state index >= 15 is 0 Å². The molecule has 3 amide bonds. The van der Waals surface area contributed by atoms with Crippen LogP contribution in [0.3, 0.4) is 0 Å². The zero-order valence-corrected chi connectivity index (χ0v) is 14.0. The van der Waals surface area contributed by atoms with Crippen molar-refractivity contribution >= 4 is 11.9 Å². The van der Waals surface area contributed by atoms with E-state index in [2.05, 4.69) is 0 Å². The van der Waals surface area contributed by atoms with Gasteiger partial charge in [0, 0.05) is 6.54 Å². The van der Waals surface area contributed by atoms with E-state index in [1.54, 1.807) is 6.07 Å². The van der Waals surface area contributed by atoms with Crippen molar-refractivity contribution in [1.82, 2.24) is 9.96 Å². The molecule has 0 radical (unpaired) electrons. The zero-order chi connectivity index (χ0) is 17.3. The number of imide groups is 1. The Balaban J connectivity index is 1.94. The predicted molar refractivity (Wildman–Crippen MR) is 90.3 cm³/mol. The summed E-state index contributed by atoms with van der Waals surface area (Å²) in [5.41, 5.74) is 2.73. The van der Waals surface area contributed by atoms with Crippen molar-refractivity contribution in [2.45, 2.75) is 26.8 Å². The minimum Gasteiger partial charge on any atom is -0.367 e. The maximum absolute atomic E-state index is 12.8. The van der Waals surface area contributed by atoms with Crippen LogP contribution in [-0.2, 0) is 4.79 Å². The molecular formula is C19H20N2O3. The smallest absolute Gasteiger partial charge is 0.361 e. The fourth-order valence-electron chi connectivity index (χ4n) is 2.85. The molecule has 1 unspecified atom stereocenters. The molecule has 1 atom stereocenters. The van der Waals surface area contributed by atoms with E-state index in [9.17, 15) is 9.59 Å². The molecule has 0 N–H and O–H groups in total. The first kappa shape index (κ1) is 16.1. The van der Waals surface area contributed by atoms with Crippen LogP contribution >= 0.6 is 0 Å². The zero-order valence-electron chi connectivity index (χ0n) is 14.0. The van der Waals surface area contributed by atoms with Gasteiger partial charge in [-0.05, 0) is 43.5 Å². The second kappa shape index (κ2) is 6.35. The lowest BCUT2D eigenvalue weighted by Crippen LogP contribution is -2.35. The van der Waals surface area contributed by atoms with Crippen LogP contribution < -0.4 is 4.84 Å². The molecule has 0 bridgehead atoms. The summed E-state index contributed by atoms with van der Waals surface area (Å²) in [7, 11) is 0. The molecule has 2 aromatic rings. The molecule has 24 heavy (non-hydrogen) atoms. The highest BCUT2D eigenvalue weighted by atomic mass is 16.7. The van der Waals surface area contributed by atoms with E-state index in [1.165, 1.54) is 4.90 Å². The largest absolute Gasteiger partial charge is 0.367 e. The van der Waals surface area contributed by atoms with E-state index in [-0.39, 0.29) is 5.91 Å². The third-order valence-corrected chi connectivity index (χ3v) is 4.37. The van der Waals surface area contributed by atoms with Crippen LogP contribution in [0.15, 0.2) is 48.5 Å². The van der Waals surface area contributed by atoms with Gasteiger partial charge < -0.3 is 9.74 Å². The summed E-state index contributed by atoms with van der Waals surface area (Å²) in [6, 6.07) is 13.8. The van der Waals surface area contributed by atoms with Gasteiger partial charge in [0.2, 0.25) is 0 Å². The van der Waals surface area contributed by atoms with E-state index in [0.717, 1.165) is 21.8 Å². The van der Waals surface area contributed by atoms with E-state index < -0.39 is 12.1 Å². The number of aryl methyl sites for hydroxylation is 1. The van der Waals surface area contributed by atoms with Gasteiger partial charge in [0.15, 0.2) is 5.75 Å². The van der Waals surface area contributed by atoms with E-state index in [4.69, 9.17) is 4.84 Å². The van der Waals surface area contributed by atoms with Gasteiger partial charge in [0.25, 0.3) is 5.91 Å². The maximum Gasteiger partial charge on any atom is 0.361 e. The van der Waals surface area contributed by atoms with Gasteiger partial charge in [0.1, 0.15) is 6.04 Å². The molecule has 1 fully saturated rings. The molecule has 1 saturated heterocycles. The number of carbonyl (C=O) groups is 2. The molecule has 1 heterocycles. The Morgan fingerprint density at radius 2 is 1.71 bits per heavy atom. The minimum absolute atomic E-state index is 0.367. The number of hydroxylamine groups is 2. The third kappa shape index (κ3) is 2.62. The summed E-state index contributed by atoms with van der Waals surface area (Å²) in [6.07, 6.45) is 0. The Labute approximate surface area is 141 Å². The van der Waals surface area contributed by atoms with Crippen molar-refractivity contribution in [1.29, 1.82) is 0 Å². The molecule has 124 valence electrons. The number of rotatable bonds is 4. The Morgan fingerprint density at radius 1 is 1.00 bits per heavy atom. The molecule has 0 spiro atoms. The van der Waals surface area contributed by atoms with E-state index in [1.807, 2.05) is 63.2 Å². The van der Waals surface area contributed by atoms with Crippen molar-refractivity contribution in [3.05, 3.63) is 65.2 Å². The molecule has 5 nitrogen and oxygen atoms in total. The monoisotopic (exact) mass is 324 g/mol. The van der Waals surface area contributed by atoms with Crippen molar-refractivity contribution < 1.29 is 14.4 Å². The first-order valence-corrected chi connectivity index (χ1v) is 7.98. The summed E-state index contributed by atoms with van der Waals surface area (Å²) < 4.78 is 0. The van der Waals surface area contributed by atoms with Crippen LogP contribution in [0.1, 0.15) is 29.7 Å². The Bertz CT molecular complexity index is 773. The van der Waals surface area contributed by atoms with Crippen LogP contribution in [-0.4, -0.2) is 28.4 Å². The quantitative estimate of drug-likeness (QED) is 0.807. The lowest BCUT2D eigenvalue weighted by Gasteiger charge is -2.19. The number of likely N-dealkylation sites (N-methyl/N-ethyl adjacent to an activating group) is 1. The van der Waals surface area contributed by atoms with Crippen molar-refractivity contribution in [3.63, 3.8) is 0 Å². The first-order valence-electron chi connectivity index (χ1n) is 7.98. The average molecular weight is 324 g/mol. The lowest BCUT2D eigenvalue weighted by atomic mass is 10.1. The summed E-state index contributed by atoms with van der Waals surface area (Å²) in [5, 5.41) is 0.878. The number of carbonyl (C=O) groups excluding carboxylic acids is 2. The van der Waals surface area contributed by atoms with Gasteiger partial charge in [-0.3, -0.25) is 4.79 Å². The first-order chi connectivity index (χ1) is 11.5. The third-order valence-electron chi connectivity index (χ3n) is 4.37. The molecule has 1 aliphatic heterocycles. The Kier molecular flexibility index (Phi) is 4.25. The van der Waals surface area contributed by atoms with E-state index in [0.29, 0.717) is 12.3 Å². The van der Waals surface area contributed by atoms with Gasteiger partial charge in [0.05, 0.1) is 0 Å². The van der Waals surface area contributed by atoms with Crippen molar-refractivity contribution in [2.75, 3.05) is 6.54 Å². The van der Waals surface area contributed by atoms with Gasteiger partial charge in [-0.15, -0.1) is 0 Å². The van der Waals surface area contributed by atoms with Gasteiger partial charge in [-0.2, -0.15) is 0 Å². The normalized spacial score (nSPS) is 17.5. The second-order valence-corrected chi connectivity index (χ2v) is 5.80. The van der Waals surface area contributed by atoms with Crippen molar-refractivity contribution in [2.24, 2.45) is 0 Å². The highest BCUT2D eigenvalue weighted by molar-refractivity contribution is 6.03. The highest BCUT2D eigenvalue weighted by Gasteiger charge is 2.47. The summed E-state index contributed by atoms with van der Waals surface area (Å²) in [6.45, 7) is 6.14. The average Bonchev–Trinajstić information content (AvgIpc) is 2.83. The summed E-state index contributed by atoms with van der Waals surface area (Å²) in [4.78, 5) is 32.7. The predicted octanol–water partition coefficient (Wildman–Crippen LogP) is 3.62. The summed E-state index contributed by atoms with van der Waals surface area (Å²) >= 11 is 0. The SMILES string of the molecule is CCN1C(=O)N(Oc2cccc(C)c2C)C(=O)C1c1ccccc1. The number of hydrogen-bond donors (Lipinski definition) is 0. The fraction of sp³-hybridized carbons (Fsp3) is 0.263. The number of amides is 3. The molecule has 5 heteroatoms. The number of nitrogens with zero attached hydrogens (tertiary/aromatic N) is 2. The standard InChI is InChI=1S/C19H20N2O3/c1-4-20-17(15-10-6-5-7-11-15)18(22)21(19(20)23)24-16-12-8-9-13(2)14(16)3/h5-12,17H,4H2,1-3H3. The lowest BCUT2D eigenvalue weighted by molar-refractivity contribution is -0.144. The van der Waals surface area contributed by atoms with Gasteiger partial charge in [-0.25, -0.2) is 4.79 Å². The molecule has 3 rings (SSSR count). The minimum atomic E-state index is -0.645. The van der Waals surface area contributed by atoms with Crippen molar-refractivity contribution in [3.8, 4) is 5.75 Å². The molecular weight excluding hydrogens is 304 g/mol. The van der Waals surface area contributed by atoms with Crippen LogP contribution in [0, 0.1) is 13.8 Å². The van der Waals surface area contributed by atoms with Crippen LogP contribution in [0.5, 0.6) is 5.75 Å². The number of urea groups is 1. The van der Waals surface area contributed by atoms with Crippen LogP contribution in [0.2, 0.25) is 0 Å². The molecule has 0 aliphatic carbocycles. The Hall–Kier alpha value is -2.82. The Morgan fingerprint density at radius 3 is 2.38 bits per heavy atom. The number of benzene rings is 2. The van der Waals surface area contributed by atoms with Gasteiger partial charge in [-0.1, -0.05) is 47.5 Å². The summed E-state index contributed by atoms with van der Waals surface area (Å²) in [5.74, 6) is 0.149. The molecule has 1 aliphatic rings. The molecule has 0 saturated carbocycles. The van der Waals surface area contributed by atoms with Crippen LogP contribution in [0.25, 0.3) is 0 Å². The topological polar surface area (TPSA) is 49.9 Å². The highest BCUT2D eigenvalue weighted by Crippen LogP contribution is 2.32. The second-order valence-electron chi connectivity index (χ2n) is 5.80. The fourth-order valence-corrected chi connectivity index (χ4v) is 2.85. The maximum atomic E-state index is 12.8.